The van der Waals surface area contributed by atoms with Crippen molar-refractivity contribution < 1.29 is 4.79 Å². The lowest BCUT2D eigenvalue weighted by atomic mass is 10.1. The van der Waals surface area contributed by atoms with Crippen LogP contribution in [-0.4, -0.2) is 23.5 Å². The van der Waals surface area contributed by atoms with E-state index in [0.717, 1.165) is 31.5 Å². The summed E-state index contributed by atoms with van der Waals surface area (Å²) in [5.74, 6) is 0.105. The lowest BCUT2D eigenvalue weighted by Gasteiger charge is -2.01. The van der Waals surface area contributed by atoms with E-state index < -0.39 is 0 Å². The maximum absolute atomic E-state index is 11.5. The van der Waals surface area contributed by atoms with E-state index in [1.54, 1.807) is 6.07 Å². The molecule has 0 aliphatic carbocycles. The number of aromatic nitrogens is 1. The third-order valence-electron chi connectivity index (χ3n) is 2.71. The first kappa shape index (κ1) is 14.6. The topological polar surface area (TPSA) is 42.3 Å². The number of carbonyl (C=O) groups excluding carboxylic acids is 1. The minimum Gasteiger partial charge on any atom is -0.298 e. The molecule has 0 amide bonds. The van der Waals surface area contributed by atoms with Gasteiger partial charge in [-0.25, -0.2) is 4.98 Å². The molecule has 0 fully saturated rings. The van der Waals surface area contributed by atoms with E-state index in [0.29, 0.717) is 12.1 Å². The van der Waals surface area contributed by atoms with Crippen molar-refractivity contribution in [2.75, 3.05) is 6.54 Å². The molecule has 3 heteroatoms. The van der Waals surface area contributed by atoms with E-state index in [-0.39, 0.29) is 5.78 Å². The minimum absolute atomic E-state index is 0.105. The van der Waals surface area contributed by atoms with Crippen LogP contribution in [0.2, 0.25) is 0 Å². The van der Waals surface area contributed by atoms with Crippen LogP contribution in [0.4, 0.5) is 0 Å². The Hall–Kier alpha value is -1.51. The summed E-state index contributed by atoms with van der Waals surface area (Å²) in [6.45, 7) is 4.94. The smallest absolute Gasteiger partial charge is 0.180 e. The van der Waals surface area contributed by atoms with E-state index >= 15 is 0 Å². The highest BCUT2D eigenvalue weighted by molar-refractivity contribution is 5.93. The Kier molecular flexibility index (Phi) is 6.92. The van der Waals surface area contributed by atoms with Crippen LogP contribution in [0, 0.1) is 0 Å². The monoisotopic (exact) mass is 246 g/mol. The zero-order chi connectivity index (χ0) is 13.2. The fraction of sp³-hybridized carbons (Fsp3) is 0.533. The molecule has 18 heavy (non-hydrogen) atoms. The Balaban J connectivity index is 2.43. The molecule has 0 aliphatic rings. The van der Waals surface area contributed by atoms with E-state index in [1.807, 2.05) is 25.3 Å². The molecule has 0 atom stereocenters. The van der Waals surface area contributed by atoms with E-state index in [2.05, 4.69) is 16.9 Å². The second-order valence-corrected chi connectivity index (χ2v) is 4.27. The predicted molar refractivity (Wildman–Crippen MR) is 75.4 cm³/mol. The van der Waals surface area contributed by atoms with Crippen LogP contribution in [0.15, 0.2) is 23.2 Å². The lowest BCUT2D eigenvalue weighted by Crippen LogP contribution is -2.02. The zero-order valence-corrected chi connectivity index (χ0v) is 11.4. The van der Waals surface area contributed by atoms with Gasteiger partial charge in [0.15, 0.2) is 5.78 Å². The second kappa shape index (κ2) is 8.56. The van der Waals surface area contributed by atoms with Gasteiger partial charge in [-0.05, 0) is 37.6 Å². The molecule has 3 nitrogen and oxygen atoms in total. The summed E-state index contributed by atoms with van der Waals surface area (Å²) in [6, 6.07) is 5.65. The number of carbonyl (C=O) groups is 1. The standard InChI is InChI=1S/C15H22N2O/c1-3-5-11-16-12-7-9-13-8-6-10-14(17-13)15(18)4-2/h6,8,10,12H,3-5,7,9,11H2,1-2H3. The normalized spacial score (nSPS) is 11.0. The van der Waals surface area contributed by atoms with Crippen molar-refractivity contribution in [3.8, 4) is 0 Å². The first-order valence-electron chi connectivity index (χ1n) is 6.75. The minimum atomic E-state index is 0.105. The molecule has 1 rings (SSSR count). The van der Waals surface area contributed by atoms with Gasteiger partial charge >= 0.3 is 0 Å². The van der Waals surface area contributed by atoms with Gasteiger partial charge in [0, 0.05) is 18.7 Å². The summed E-state index contributed by atoms with van der Waals surface area (Å²) in [5, 5.41) is 0. The van der Waals surface area contributed by atoms with E-state index in [1.165, 1.54) is 6.42 Å². The first-order chi connectivity index (χ1) is 8.77. The molecule has 0 saturated heterocycles. The first-order valence-corrected chi connectivity index (χ1v) is 6.75. The Morgan fingerprint density at radius 3 is 2.94 bits per heavy atom. The largest absolute Gasteiger partial charge is 0.298 e. The molecular formula is C15H22N2O. The van der Waals surface area contributed by atoms with Gasteiger partial charge in [-0.3, -0.25) is 9.79 Å². The number of Topliss-reactive ketones (excluding diaryl/α,β-unsaturated/α-hetero) is 1. The van der Waals surface area contributed by atoms with Crippen molar-refractivity contribution in [2.24, 2.45) is 4.99 Å². The Morgan fingerprint density at radius 1 is 1.39 bits per heavy atom. The molecule has 1 aromatic rings. The van der Waals surface area contributed by atoms with Gasteiger partial charge in [0.05, 0.1) is 0 Å². The van der Waals surface area contributed by atoms with Gasteiger partial charge in [-0.2, -0.15) is 0 Å². The summed E-state index contributed by atoms with van der Waals surface area (Å²) in [6.07, 6.45) is 6.54. The predicted octanol–water partition coefficient (Wildman–Crippen LogP) is 3.48. The highest BCUT2D eigenvalue weighted by Gasteiger charge is 2.04. The van der Waals surface area contributed by atoms with Gasteiger partial charge in [-0.1, -0.05) is 26.3 Å². The average molecular weight is 246 g/mol. The van der Waals surface area contributed by atoms with Crippen molar-refractivity contribution in [2.45, 2.75) is 46.0 Å². The number of aliphatic imine (C=N–C) groups is 1. The van der Waals surface area contributed by atoms with Crippen molar-refractivity contribution >= 4 is 12.0 Å². The van der Waals surface area contributed by atoms with Crippen LogP contribution in [0.25, 0.3) is 0 Å². The maximum Gasteiger partial charge on any atom is 0.180 e. The molecule has 0 unspecified atom stereocenters. The maximum atomic E-state index is 11.5. The van der Waals surface area contributed by atoms with Crippen molar-refractivity contribution in [3.05, 3.63) is 29.6 Å². The summed E-state index contributed by atoms with van der Waals surface area (Å²) in [5.41, 5.74) is 1.55. The molecule has 0 N–H and O–H groups in total. The van der Waals surface area contributed by atoms with E-state index in [9.17, 15) is 4.79 Å². The molecule has 0 radical (unpaired) electrons. The van der Waals surface area contributed by atoms with Crippen LogP contribution in [-0.2, 0) is 6.42 Å². The summed E-state index contributed by atoms with van der Waals surface area (Å²) in [7, 11) is 0. The molecule has 0 bridgehead atoms. The molecule has 0 saturated carbocycles. The second-order valence-electron chi connectivity index (χ2n) is 4.27. The number of pyridine rings is 1. The van der Waals surface area contributed by atoms with Crippen molar-refractivity contribution in [1.29, 1.82) is 0 Å². The molecule has 1 aromatic heterocycles. The van der Waals surface area contributed by atoms with E-state index in [4.69, 9.17) is 0 Å². The number of hydrogen-bond donors (Lipinski definition) is 0. The molecule has 98 valence electrons. The van der Waals surface area contributed by atoms with Crippen LogP contribution >= 0.6 is 0 Å². The van der Waals surface area contributed by atoms with Gasteiger partial charge in [0.2, 0.25) is 0 Å². The van der Waals surface area contributed by atoms with Crippen LogP contribution in [0.5, 0.6) is 0 Å². The molecule has 1 heterocycles. The number of aryl methyl sites for hydroxylation is 1. The highest BCUT2D eigenvalue weighted by Crippen LogP contribution is 2.04. The van der Waals surface area contributed by atoms with Crippen molar-refractivity contribution in [1.82, 2.24) is 4.98 Å². The van der Waals surface area contributed by atoms with Crippen LogP contribution in [0.1, 0.15) is 55.7 Å². The third-order valence-corrected chi connectivity index (χ3v) is 2.71. The average Bonchev–Trinajstić information content (AvgIpc) is 2.42. The van der Waals surface area contributed by atoms with Gasteiger partial charge in [0.1, 0.15) is 5.69 Å². The van der Waals surface area contributed by atoms with Gasteiger partial charge in [-0.15, -0.1) is 0 Å². The summed E-state index contributed by atoms with van der Waals surface area (Å²) < 4.78 is 0. The van der Waals surface area contributed by atoms with Crippen LogP contribution < -0.4 is 0 Å². The Morgan fingerprint density at radius 2 is 2.22 bits per heavy atom. The number of rotatable bonds is 8. The summed E-state index contributed by atoms with van der Waals surface area (Å²) >= 11 is 0. The molecular weight excluding hydrogens is 224 g/mol. The number of nitrogens with zero attached hydrogens (tertiary/aromatic N) is 2. The lowest BCUT2D eigenvalue weighted by molar-refractivity contribution is 0.0983. The number of ketones is 1. The molecule has 0 aromatic carbocycles. The Bertz CT molecular complexity index is 399. The Labute approximate surface area is 109 Å². The van der Waals surface area contributed by atoms with Crippen LogP contribution in [0.3, 0.4) is 0 Å². The zero-order valence-electron chi connectivity index (χ0n) is 11.4. The van der Waals surface area contributed by atoms with Gasteiger partial charge < -0.3 is 0 Å². The number of unbranched alkanes of at least 4 members (excludes halogenated alkanes) is 1. The van der Waals surface area contributed by atoms with Gasteiger partial charge in [0.25, 0.3) is 0 Å². The van der Waals surface area contributed by atoms with Crippen molar-refractivity contribution in [3.63, 3.8) is 0 Å². The quantitative estimate of drug-likeness (QED) is 0.400. The fourth-order valence-corrected chi connectivity index (χ4v) is 1.60. The number of hydrogen-bond acceptors (Lipinski definition) is 3. The molecule has 0 spiro atoms. The highest BCUT2D eigenvalue weighted by atomic mass is 16.1. The molecule has 0 aliphatic heterocycles. The third kappa shape index (κ3) is 5.21. The summed E-state index contributed by atoms with van der Waals surface area (Å²) in [4.78, 5) is 20.2. The SMILES string of the molecule is CCCCN=CCCc1cccc(C(=O)CC)n1. The fourth-order valence-electron chi connectivity index (χ4n) is 1.60.